The molecule has 3 heteroatoms. The zero-order valence-electron chi connectivity index (χ0n) is 7.47. The molecule has 12 heavy (non-hydrogen) atoms. The first-order chi connectivity index (χ1) is 5.95. The molecule has 3 nitrogen and oxygen atoms in total. The highest BCUT2D eigenvalue weighted by Crippen LogP contribution is 2.14. The fraction of sp³-hybridized carbons (Fsp3) is 0.889. The van der Waals surface area contributed by atoms with Gasteiger partial charge in [0.15, 0.2) is 0 Å². The topological polar surface area (TPSA) is 36.4 Å². The summed E-state index contributed by atoms with van der Waals surface area (Å²) in [7, 11) is 0. The van der Waals surface area contributed by atoms with Crippen molar-refractivity contribution in [3.05, 3.63) is 0 Å². The minimum absolute atomic E-state index is 0.822. The molecule has 0 amide bonds. The summed E-state index contributed by atoms with van der Waals surface area (Å²) in [5.74, 6) is 2.06. The van der Waals surface area contributed by atoms with Crippen LogP contribution in [0, 0.1) is 5.92 Å². The molecule has 1 saturated heterocycles. The Bertz CT molecular complexity index is 171. The van der Waals surface area contributed by atoms with Crippen LogP contribution >= 0.6 is 0 Å². The summed E-state index contributed by atoms with van der Waals surface area (Å²) < 4.78 is 0. The average Bonchev–Trinajstić information content (AvgIpc) is 2.59. The van der Waals surface area contributed by atoms with Crippen molar-refractivity contribution in [1.82, 2.24) is 10.6 Å². The van der Waals surface area contributed by atoms with Gasteiger partial charge in [0, 0.05) is 13.0 Å². The van der Waals surface area contributed by atoms with Crippen molar-refractivity contribution in [2.75, 3.05) is 26.2 Å². The average molecular weight is 167 g/mol. The molecule has 0 bridgehead atoms. The van der Waals surface area contributed by atoms with Crippen molar-refractivity contribution in [2.45, 2.75) is 19.3 Å². The maximum atomic E-state index is 4.41. The molecule has 2 aliphatic heterocycles. The number of aliphatic imine (C=N–C) groups is 1. The SMILES string of the molecule is C1CNCC(CC2=NCCN2)C1. The standard InChI is InChI=1S/C9H17N3/c1-2-8(7-10-3-1)6-9-11-4-5-12-9/h8,10H,1-7H2,(H,11,12). The van der Waals surface area contributed by atoms with E-state index in [4.69, 9.17) is 0 Å². The fourth-order valence-electron chi connectivity index (χ4n) is 1.96. The number of amidine groups is 1. The van der Waals surface area contributed by atoms with Crippen LogP contribution in [-0.2, 0) is 0 Å². The Labute approximate surface area is 73.6 Å². The van der Waals surface area contributed by atoms with Crippen molar-refractivity contribution in [3.63, 3.8) is 0 Å². The fourth-order valence-corrected chi connectivity index (χ4v) is 1.96. The summed E-state index contributed by atoms with van der Waals surface area (Å²) >= 11 is 0. The Hall–Kier alpha value is -0.570. The Morgan fingerprint density at radius 1 is 1.42 bits per heavy atom. The largest absolute Gasteiger partial charge is 0.372 e. The van der Waals surface area contributed by atoms with Crippen LogP contribution in [0.1, 0.15) is 19.3 Å². The van der Waals surface area contributed by atoms with Crippen LogP contribution in [0.3, 0.4) is 0 Å². The van der Waals surface area contributed by atoms with Crippen LogP contribution < -0.4 is 10.6 Å². The van der Waals surface area contributed by atoms with E-state index in [0.717, 1.165) is 25.4 Å². The molecule has 0 radical (unpaired) electrons. The normalized spacial score (nSPS) is 29.7. The Morgan fingerprint density at radius 2 is 2.42 bits per heavy atom. The van der Waals surface area contributed by atoms with Gasteiger partial charge in [-0.1, -0.05) is 0 Å². The van der Waals surface area contributed by atoms with Crippen molar-refractivity contribution in [3.8, 4) is 0 Å². The number of nitrogens with zero attached hydrogens (tertiary/aromatic N) is 1. The highest BCUT2D eigenvalue weighted by atomic mass is 15.1. The highest BCUT2D eigenvalue weighted by molar-refractivity contribution is 5.83. The second-order valence-electron chi connectivity index (χ2n) is 3.67. The van der Waals surface area contributed by atoms with Gasteiger partial charge in [-0.3, -0.25) is 4.99 Å². The minimum atomic E-state index is 0.822. The summed E-state index contributed by atoms with van der Waals surface area (Å²) in [6, 6.07) is 0. The summed E-state index contributed by atoms with van der Waals surface area (Å²) in [6.07, 6.45) is 3.86. The molecule has 2 N–H and O–H groups in total. The molecule has 1 unspecified atom stereocenters. The van der Waals surface area contributed by atoms with Gasteiger partial charge in [0.1, 0.15) is 0 Å². The Balaban J connectivity index is 1.77. The molecule has 68 valence electrons. The van der Waals surface area contributed by atoms with Gasteiger partial charge in [-0.15, -0.1) is 0 Å². The molecule has 0 aromatic rings. The summed E-state index contributed by atoms with van der Waals surface area (Å²) in [5, 5.41) is 6.75. The van der Waals surface area contributed by atoms with Gasteiger partial charge in [0.2, 0.25) is 0 Å². The van der Waals surface area contributed by atoms with Gasteiger partial charge in [0.05, 0.1) is 12.4 Å². The molecular formula is C9H17N3. The second-order valence-corrected chi connectivity index (χ2v) is 3.67. The van der Waals surface area contributed by atoms with E-state index >= 15 is 0 Å². The minimum Gasteiger partial charge on any atom is -0.372 e. The molecule has 0 aliphatic carbocycles. The third-order valence-corrected chi connectivity index (χ3v) is 2.62. The number of hydrogen-bond acceptors (Lipinski definition) is 3. The summed E-state index contributed by atoms with van der Waals surface area (Å²) in [5.41, 5.74) is 0. The molecule has 1 fully saturated rings. The highest BCUT2D eigenvalue weighted by Gasteiger charge is 2.16. The van der Waals surface area contributed by atoms with E-state index in [1.165, 1.54) is 31.8 Å². The predicted octanol–water partition coefficient (Wildman–Crippen LogP) is 0.378. The maximum Gasteiger partial charge on any atom is 0.0967 e. The Morgan fingerprint density at radius 3 is 3.08 bits per heavy atom. The third-order valence-electron chi connectivity index (χ3n) is 2.62. The predicted molar refractivity (Wildman–Crippen MR) is 50.5 cm³/mol. The maximum absolute atomic E-state index is 4.41. The zero-order valence-corrected chi connectivity index (χ0v) is 7.47. The molecule has 0 aromatic heterocycles. The van der Waals surface area contributed by atoms with Gasteiger partial charge < -0.3 is 10.6 Å². The van der Waals surface area contributed by atoms with Crippen molar-refractivity contribution in [2.24, 2.45) is 10.9 Å². The lowest BCUT2D eigenvalue weighted by molar-refractivity contribution is 0.386. The molecular weight excluding hydrogens is 150 g/mol. The molecule has 0 aromatic carbocycles. The van der Waals surface area contributed by atoms with Crippen LogP contribution in [0.2, 0.25) is 0 Å². The third kappa shape index (κ3) is 1.97. The number of hydrogen-bond donors (Lipinski definition) is 2. The van der Waals surface area contributed by atoms with Crippen LogP contribution in [0.15, 0.2) is 4.99 Å². The van der Waals surface area contributed by atoms with Crippen LogP contribution in [0.4, 0.5) is 0 Å². The van der Waals surface area contributed by atoms with Crippen LogP contribution in [0.5, 0.6) is 0 Å². The van der Waals surface area contributed by atoms with E-state index in [0.29, 0.717) is 0 Å². The summed E-state index contributed by atoms with van der Waals surface area (Å²) in [4.78, 5) is 4.41. The van der Waals surface area contributed by atoms with E-state index in [-0.39, 0.29) is 0 Å². The number of nitrogens with one attached hydrogen (secondary N) is 2. The van der Waals surface area contributed by atoms with E-state index in [1.807, 2.05) is 0 Å². The molecule has 2 rings (SSSR count). The molecule has 0 saturated carbocycles. The van der Waals surface area contributed by atoms with Crippen LogP contribution in [-0.4, -0.2) is 32.0 Å². The van der Waals surface area contributed by atoms with Gasteiger partial charge in [-0.2, -0.15) is 0 Å². The van der Waals surface area contributed by atoms with E-state index < -0.39 is 0 Å². The second kappa shape index (κ2) is 3.90. The first-order valence-electron chi connectivity index (χ1n) is 4.93. The quantitative estimate of drug-likeness (QED) is 0.623. The zero-order chi connectivity index (χ0) is 8.23. The molecule has 1 atom stereocenters. The van der Waals surface area contributed by atoms with Gasteiger partial charge >= 0.3 is 0 Å². The van der Waals surface area contributed by atoms with Crippen molar-refractivity contribution >= 4 is 5.84 Å². The van der Waals surface area contributed by atoms with Crippen LogP contribution in [0.25, 0.3) is 0 Å². The lowest BCUT2D eigenvalue weighted by atomic mass is 9.96. The van der Waals surface area contributed by atoms with Gasteiger partial charge in [0.25, 0.3) is 0 Å². The lowest BCUT2D eigenvalue weighted by Crippen LogP contribution is -2.33. The smallest absolute Gasteiger partial charge is 0.0967 e. The van der Waals surface area contributed by atoms with Crippen molar-refractivity contribution in [1.29, 1.82) is 0 Å². The lowest BCUT2D eigenvalue weighted by Gasteiger charge is -2.22. The van der Waals surface area contributed by atoms with Gasteiger partial charge in [-0.25, -0.2) is 0 Å². The van der Waals surface area contributed by atoms with E-state index in [1.54, 1.807) is 0 Å². The monoisotopic (exact) mass is 167 g/mol. The van der Waals surface area contributed by atoms with Crippen molar-refractivity contribution < 1.29 is 0 Å². The van der Waals surface area contributed by atoms with E-state index in [2.05, 4.69) is 15.6 Å². The number of rotatable bonds is 2. The first kappa shape index (κ1) is 8.05. The molecule has 2 aliphatic rings. The first-order valence-corrected chi connectivity index (χ1v) is 4.93. The molecule has 2 heterocycles. The summed E-state index contributed by atoms with van der Waals surface area (Å²) in [6.45, 7) is 4.42. The van der Waals surface area contributed by atoms with Gasteiger partial charge in [-0.05, 0) is 31.8 Å². The van der Waals surface area contributed by atoms with E-state index in [9.17, 15) is 0 Å². The Kier molecular flexibility index (Phi) is 2.61. The molecule has 0 spiro atoms. The number of piperidine rings is 1.